The first kappa shape index (κ1) is 14.8. The molecule has 110 valence electrons. The van der Waals surface area contributed by atoms with Crippen molar-refractivity contribution in [2.45, 2.75) is 24.9 Å². The summed E-state index contributed by atoms with van der Waals surface area (Å²) in [4.78, 5) is 11.6. The van der Waals surface area contributed by atoms with Gasteiger partial charge in [-0.3, -0.25) is 10.1 Å². The molecule has 0 saturated carbocycles. The highest BCUT2D eigenvalue weighted by Gasteiger charge is 2.42. The van der Waals surface area contributed by atoms with Crippen molar-refractivity contribution in [3.8, 4) is 5.75 Å². The first-order valence-corrected chi connectivity index (χ1v) is 6.79. The van der Waals surface area contributed by atoms with Gasteiger partial charge >= 0.3 is 5.97 Å². The van der Waals surface area contributed by atoms with Gasteiger partial charge < -0.3 is 14.2 Å². The van der Waals surface area contributed by atoms with Gasteiger partial charge in [-0.25, -0.2) is 0 Å². The first-order valence-electron chi connectivity index (χ1n) is 6.79. The molecule has 0 spiro atoms. The molecule has 1 aliphatic rings. The monoisotopic (exact) mass is 279 g/mol. The predicted octanol–water partition coefficient (Wildman–Crippen LogP) is 1.16. The number of hydrogen-bond donors (Lipinski definition) is 1. The van der Waals surface area contributed by atoms with Crippen LogP contribution in [-0.2, 0) is 20.7 Å². The Bertz CT molecular complexity index is 432. The Morgan fingerprint density at radius 3 is 2.60 bits per heavy atom. The molecule has 1 saturated heterocycles. The second kappa shape index (κ2) is 7.26. The summed E-state index contributed by atoms with van der Waals surface area (Å²) in [6.45, 7) is 0.758. The first-order chi connectivity index (χ1) is 9.74. The fourth-order valence-electron chi connectivity index (χ4n) is 2.09. The number of aryl methyl sites for hydroxylation is 1. The maximum absolute atomic E-state index is 11.6. The molecule has 2 unspecified atom stereocenters. The van der Waals surface area contributed by atoms with Gasteiger partial charge in [0.15, 0.2) is 0 Å². The van der Waals surface area contributed by atoms with Crippen molar-refractivity contribution in [3.05, 3.63) is 29.8 Å². The Morgan fingerprint density at radius 1 is 1.20 bits per heavy atom. The fourth-order valence-corrected chi connectivity index (χ4v) is 2.09. The summed E-state index contributed by atoms with van der Waals surface area (Å²) in [6.07, 6.45) is 1.86. The van der Waals surface area contributed by atoms with Crippen LogP contribution in [0.2, 0.25) is 0 Å². The third-order valence-electron chi connectivity index (χ3n) is 3.38. The summed E-state index contributed by atoms with van der Waals surface area (Å²) >= 11 is 0. The number of ether oxygens (including phenoxy) is 3. The molecule has 0 radical (unpaired) electrons. The van der Waals surface area contributed by atoms with Crippen molar-refractivity contribution in [1.29, 1.82) is 0 Å². The maximum atomic E-state index is 11.6. The number of hydrogen-bond acceptors (Lipinski definition) is 5. The van der Waals surface area contributed by atoms with E-state index in [4.69, 9.17) is 14.2 Å². The van der Waals surface area contributed by atoms with Crippen molar-refractivity contribution in [2.75, 3.05) is 27.4 Å². The third kappa shape index (κ3) is 4.21. The van der Waals surface area contributed by atoms with Crippen LogP contribution in [0.4, 0.5) is 0 Å². The lowest BCUT2D eigenvalue weighted by Crippen LogP contribution is -2.17. The maximum Gasteiger partial charge on any atom is 0.324 e. The minimum atomic E-state index is -0.179. The second-order valence-electron chi connectivity index (χ2n) is 4.80. The van der Waals surface area contributed by atoms with Gasteiger partial charge in [-0.15, -0.1) is 0 Å². The lowest BCUT2D eigenvalue weighted by Gasteiger charge is -2.03. The molecular formula is C15H21NO4. The van der Waals surface area contributed by atoms with E-state index in [0.29, 0.717) is 13.2 Å². The van der Waals surface area contributed by atoms with Crippen LogP contribution < -0.4 is 10.1 Å². The zero-order chi connectivity index (χ0) is 14.4. The number of carbonyl (C=O) groups excluding carboxylic acids is 1. The largest absolute Gasteiger partial charge is 0.497 e. The molecule has 1 fully saturated rings. The molecular weight excluding hydrogens is 258 g/mol. The zero-order valence-corrected chi connectivity index (χ0v) is 11.9. The molecule has 5 nitrogen and oxygen atoms in total. The van der Waals surface area contributed by atoms with Crippen LogP contribution in [0, 0.1) is 0 Å². The van der Waals surface area contributed by atoms with Crippen LogP contribution in [0.25, 0.3) is 0 Å². The third-order valence-corrected chi connectivity index (χ3v) is 3.38. The minimum absolute atomic E-state index is 0.148. The van der Waals surface area contributed by atoms with Gasteiger partial charge in [0.05, 0.1) is 13.7 Å². The Morgan fingerprint density at radius 2 is 1.95 bits per heavy atom. The van der Waals surface area contributed by atoms with Gasteiger partial charge in [0.25, 0.3) is 0 Å². The smallest absolute Gasteiger partial charge is 0.324 e. The number of nitrogens with one attached hydrogen (secondary N) is 1. The molecule has 0 bridgehead atoms. The Balaban J connectivity index is 1.67. The van der Waals surface area contributed by atoms with E-state index in [1.165, 1.54) is 5.56 Å². The van der Waals surface area contributed by atoms with Crippen molar-refractivity contribution in [3.63, 3.8) is 0 Å². The highest BCUT2D eigenvalue weighted by molar-refractivity contribution is 5.80. The zero-order valence-electron chi connectivity index (χ0n) is 11.9. The van der Waals surface area contributed by atoms with E-state index in [-0.39, 0.29) is 18.1 Å². The van der Waals surface area contributed by atoms with E-state index in [1.807, 2.05) is 24.3 Å². The number of benzene rings is 1. The van der Waals surface area contributed by atoms with Gasteiger partial charge in [0.2, 0.25) is 0 Å². The Hall–Kier alpha value is -1.59. The molecule has 0 amide bonds. The van der Waals surface area contributed by atoms with Crippen LogP contribution in [0.3, 0.4) is 0 Å². The van der Waals surface area contributed by atoms with Gasteiger partial charge in [-0.1, -0.05) is 12.1 Å². The van der Waals surface area contributed by atoms with E-state index < -0.39 is 0 Å². The molecule has 1 N–H and O–H groups in total. The molecule has 0 aromatic heterocycles. The summed E-state index contributed by atoms with van der Waals surface area (Å²) in [7, 11) is 3.24. The summed E-state index contributed by atoms with van der Waals surface area (Å²) in [5.74, 6) is 0.680. The average molecular weight is 279 g/mol. The average Bonchev–Trinajstić information content (AvgIpc) is 3.25. The summed E-state index contributed by atoms with van der Waals surface area (Å²) in [5, 5.41) is 3.15. The molecule has 1 aromatic carbocycles. The SMILES string of the molecule is COCCOC(=O)C1NC1CCc1ccc(OC)cc1. The molecule has 1 heterocycles. The quantitative estimate of drug-likeness (QED) is 0.439. The standard InChI is InChI=1S/C15H21NO4/c1-18-9-10-20-15(17)14-13(16-14)8-5-11-3-6-12(19-2)7-4-11/h3-4,6-7,13-14,16H,5,8-10H2,1-2H3. The molecule has 2 atom stereocenters. The van der Waals surface area contributed by atoms with Gasteiger partial charge in [-0.05, 0) is 30.5 Å². The van der Waals surface area contributed by atoms with Gasteiger partial charge in [0, 0.05) is 13.2 Å². The summed E-state index contributed by atoms with van der Waals surface area (Å²) < 4.78 is 15.0. The summed E-state index contributed by atoms with van der Waals surface area (Å²) in [6, 6.07) is 8.08. The van der Waals surface area contributed by atoms with Gasteiger partial charge in [-0.2, -0.15) is 0 Å². The van der Waals surface area contributed by atoms with Crippen molar-refractivity contribution in [2.24, 2.45) is 0 Å². The van der Waals surface area contributed by atoms with Crippen LogP contribution in [-0.4, -0.2) is 45.5 Å². The minimum Gasteiger partial charge on any atom is -0.497 e. The van der Waals surface area contributed by atoms with Crippen LogP contribution in [0.1, 0.15) is 12.0 Å². The molecule has 1 aromatic rings. The normalized spacial score (nSPS) is 20.5. The topological polar surface area (TPSA) is 66.7 Å². The van der Waals surface area contributed by atoms with E-state index in [9.17, 15) is 4.79 Å². The number of rotatable bonds is 8. The number of esters is 1. The van der Waals surface area contributed by atoms with Gasteiger partial charge in [0.1, 0.15) is 18.4 Å². The fraction of sp³-hybridized carbons (Fsp3) is 0.533. The van der Waals surface area contributed by atoms with Crippen molar-refractivity contribution >= 4 is 5.97 Å². The highest BCUT2D eigenvalue weighted by atomic mass is 16.6. The van der Waals surface area contributed by atoms with E-state index in [1.54, 1.807) is 14.2 Å². The van der Waals surface area contributed by atoms with Crippen molar-refractivity contribution in [1.82, 2.24) is 5.32 Å². The van der Waals surface area contributed by atoms with E-state index in [0.717, 1.165) is 18.6 Å². The highest BCUT2D eigenvalue weighted by Crippen LogP contribution is 2.20. The molecule has 1 aliphatic heterocycles. The molecule has 0 aliphatic carbocycles. The summed E-state index contributed by atoms with van der Waals surface area (Å²) in [5.41, 5.74) is 1.24. The lowest BCUT2D eigenvalue weighted by molar-refractivity contribution is -0.144. The van der Waals surface area contributed by atoms with E-state index in [2.05, 4.69) is 5.32 Å². The second-order valence-corrected chi connectivity index (χ2v) is 4.80. The van der Waals surface area contributed by atoms with E-state index >= 15 is 0 Å². The Kier molecular flexibility index (Phi) is 5.38. The molecule has 2 rings (SSSR count). The lowest BCUT2D eigenvalue weighted by atomic mass is 10.1. The Labute approximate surface area is 119 Å². The number of carbonyl (C=O) groups is 1. The van der Waals surface area contributed by atoms with Crippen LogP contribution in [0.15, 0.2) is 24.3 Å². The molecule has 20 heavy (non-hydrogen) atoms. The van der Waals surface area contributed by atoms with Crippen molar-refractivity contribution < 1.29 is 19.0 Å². The number of methoxy groups -OCH3 is 2. The van der Waals surface area contributed by atoms with Crippen LogP contribution in [0.5, 0.6) is 5.75 Å². The molecule has 5 heteroatoms. The van der Waals surface area contributed by atoms with Crippen LogP contribution >= 0.6 is 0 Å². The predicted molar refractivity (Wildman–Crippen MR) is 74.9 cm³/mol.